The van der Waals surface area contributed by atoms with Crippen LogP contribution in [0.25, 0.3) is 11.3 Å². The van der Waals surface area contributed by atoms with Crippen molar-refractivity contribution in [3.63, 3.8) is 0 Å². The van der Waals surface area contributed by atoms with Gasteiger partial charge in [0, 0.05) is 30.7 Å². The standard InChI is InChI=1S/C19H23FN4O/c1-13-4-2-3-9-24(13)16-11-23(12-16)19(25)18-10-17(21-22-18)14-5-7-15(20)8-6-14/h5-8,10,13,16H,2-4,9,11-12H2,1H3,(H,21,22)/t13-/m0/s1. The highest BCUT2D eigenvalue weighted by Gasteiger charge is 2.38. The molecular formula is C19H23FN4O. The number of rotatable bonds is 3. The van der Waals surface area contributed by atoms with E-state index < -0.39 is 0 Å². The van der Waals surface area contributed by atoms with Crippen molar-refractivity contribution in [3.8, 4) is 11.3 Å². The van der Waals surface area contributed by atoms with Crippen molar-refractivity contribution < 1.29 is 9.18 Å². The molecule has 0 bridgehead atoms. The predicted molar refractivity (Wildman–Crippen MR) is 93.7 cm³/mol. The number of carbonyl (C=O) groups is 1. The number of amides is 1. The van der Waals surface area contributed by atoms with Crippen LogP contribution in [-0.4, -0.2) is 57.6 Å². The quantitative estimate of drug-likeness (QED) is 0.933. The first-order chi connectivity index (χ1) is 12.1. The van der Waals surface area contributed by atoms with Crippen LogP contribution in [-0.2, 0) is 0 Å². The largest absolute Gasteiger partial charge is 0.334 e. The van der Waals surface area contributed by atoms with Gasteiger partial charge in [-0.1, -0.05) is 6.42 Å². The first kappa shape index (κ1) is 16.3. The molecule has 1 aromatic heterocycles. The third-order valence-corrected chi connectivity index (χ3v) is 5.42. The Morgan fingerprint density at radius 1 is 1.24 bits per heavy atom. The molecule has 132 valence electrons. The second-order valence-corrected chi connectivity index (χ2v) is 7.12. The van der Waals surface area contributed by atoms with Crippen molar-refractivity contribution in [1.29, 1.82) is 0 Å². The number of aromatic nitrogens is 2. The number of aromatic amines is 1. The molecule has 1 aromatic carbocycles. The Bertz CT molecular complexity index is 751. The third kappa shape index (κ3) is 3.18. The van der Waals surface area contributed by atoms with E-state index in [0.717, 1.165) is 25.2 Å². The monoisotopic (exact) mass is 342 g/mol. The number of likely N-dealkylation sites (tertiary alicyclic amines) is 2. The number of piperidine rings is 1. The van der Waals surface area contributed by atoms with E-state index >= 15 is 0 Å². The summed E-state index contributed by atoms with van der Waals surface area (Å²) in [6, 6.07) is 8.96. The van der Waals surface area contributed by atoms with E-state index in [9.17, 15) is 9.18 Å². The Kier molecular flexibility index (Phi) is 4.29. The number of halogens is 1. The second-order valence-electron chi connectivity index (χ2n) is 7.12. The number of nitrogens with zero attached hydrogens (tertiary/aromatic N) is 3. The lowest BCUT2D eigenvalue weighted by Gasteiger charge is -2.49. The highest BCUT2D eigenvalue weighted by molar-refractivity contribution is 5.94. The van der Waals surface area contributed by atoms with Gasteiger partial charge in [-0.15, -0.1) is 0 Å². The van der Waals surface area contributed by atoms with Crippen LogP contribution < -0.4 is 0 Å². The first-order valence-corrected chi connectivity index (χ1v) is 8.98. The summed E-state index contributed by atoms with van der Waals surface area (Å²) in [4.78, 5) is 17.0. The van der Waals surface area contributed by atoms with Crippen LogP contribution in [0.4, 0.5) is 4.39 Å². The van der Waals surface area contributed by atoms with Crippen molar-refractivity contribution >= 4 is 5.91 Å². The maximum Gasteiger partial charge on any atom is 0.271 e. The van der Waals surface area contributed by atoms with Crippen molar-refractivity contribution in [2.75, 3.05) is 19.6 Å². The van der Waals surface area contributed by atoms with E-state index in [1.165, 1.54) is 31.4 Å². The van der Waals surface area contributed by atoms with Crippen LogP contribution in [0.3, 0.4) is 0 Å². The molecule has 1 amide bonds. The second kappa shape index (κ2) is 6.59. The summed E-state index contributed by atoms with van der Waals surface area (Å²) >= 11 is 0. The van der Waals surface area contributed by atoms with Crippen LogP contribution in [0.1, 0.15) is 36.7 Å². The molecule has 4 rings (SSSR count). The van der Waals surface area contributed by atoms with E-state index in [2.05, 4.69) is 22.0 Å². The molecule has 2 saturated heterocycles. The normalized spacial score (nSPS) is 22.0. The Hall–Kier alpha value is -2.21. The van der Waals surface area contributed by atoms with Gasteiger partial charge in [0.1, 0.15) is 11.5 Å². The zero-order valence-corrected chi connectivity index (χ0v) is 14.4. The topological polar surface area (TPSA) is 52.2 Å². The molecule has 0 saturated carbocycles. The van der Waals surface area contributed by atoms with Gasteiger partial charge in [0.2, 0.25) is 0 Å². The molecule has 2 aliphatic rings. The summed E-state index contributed by atoms with van der Waals surface area (Å²) in [6.07, 6.45) is 3.83. The Labute approximate surface area is 146 Å². The lowest BCUT2D eigenvalue weighted by atomic mass is 9.97. The van der Waals surface area contributed by atoms with E-state index in [4.69, 9.17) is 0 Å². The van der Waals surface area contributed by atoms with E-state index in [1.807, 2.05) is 4.90 Å². The Morgan fingerprint density at radius 2 is 2.00 bits per heavy atom. The van der Waals surface area contributed by atoms with Gasteiger partial charge in [-0.3, -0.25) is 14.8 Å². The summed E-state index contributed by atoms with van der Waals surface area (Å²) in [7, 11) is 0. The van der Waals surface area contributed by atoms with Crippen LogP contribution in [0.2, 0.25) is 0 Å². The SMILES string of the molecule is C[C@H]1CCCCN1C1CN(C(=O)c2cc(-c3ccc(F)cc3)n[nH]2)C1. The molecule has 3 heterocycles. The molecule has 1 N–H and O–H groups in total. The van der Waals surface area contributed by atoms with Gasteiger partial charge in [-0.25, -0.2) is 4.39 Å². The predicted octanol–water partition coefficient (Wildman–Crippen LogP) is 2.91. The summed E-state index contributed by atoms with van der Waals surface area (Å²) < 4.78 is 13.0. The maximum absolute atomic E-state index is 13.0. The molecule has 0 aliphatic carbocycles. The molecule has 2 fully saturated rings. The van der Waals surface area contributed by atoms with Gasteiger partial charge < -0.3 is 4.90 Å². The van der Waals surface area contributed by atoms with Crippen LogP contribution >= 0.6 is 0 Å². The maximum atomic E-state index is 13.0. The smallest absolute Gasteiger partial charge is 0.271 e. The lowest BCUT2D eigenvalue weighted by molar-refractivity contribution is 0.00181. The Morgan fingerprint density at radius 3 is 2.72 bits per heavy atom. The fraction of sp³-hybridized carbons (Fsp3) is 0.474. The van der Waals surface area contributed by atoms with Gasteiger partial charge >= 0.3 is 0 Å². The first-order valence-electron chi connectivity index (χ1n) is 8.98. The molecule has 2 aromatic rings. The number of carbonyl (C=O) groups excluding carboxylic acids is 1. The zero-order chi connectivity index (χ0) is 17.4. The van der Waals surface area contributed by atoms with Crippen molar-refractivity contribution in [3.05, 3.63) is 41.8 Å². The lowest BCUT2D eigenvalue weighted by Crippen LogP contribution is -2.63. The summed E-state index contributed by atoms with van der Waals surface area (Å²) in [6.45, 7) is 5.00. The minimum absolute atomic E-state index is 0.0122. The molecule has 0 unspecified atom stereocenters. The van der Waals surface area contributed by atoms with Crippen LogP contribution in [0.15, 0.2) is 30.3 Å². The van der Waals surface area contributed by atoms with Gasteiger partial charge in [-0.2, -0.15) is 5.10 Å². The minimum Gasteiger partial charge on any atom is -0.334 e. The van der Waals surface area contributed by atoms with Crippen molar-refractivity contribution in [2.45, 2.75) is 38.3 Å². The number of benzene rings is 1. The number of H-pyrrole nitrogens is 1. The molecule has 6 heteroatoms. The highest BCUT2D eigenvalue weighted by Crippen LogP contribution is 2.26. The zero-order valence-electron chi connectivity index (χ0n) is 14.4. The van der Waals surface area contributed by atoms with Gasteiger partial charge in [0.25, 0.3) is 5.91 Å². The van der Waals surface area contributed by atoms with Gasteiger partial charge in [-0.05, 0) is 56.6 Å². The van der Waals surface area contributed by atoms with Crippen LogP contribution in [0, 0.1) is 5.82 Å². The number of hydrogen-bond acceptors (Lipinski definition) is 3. The average Bonchev–Trinajstić information content (AvgIpc) is 3.06. The summed E-state index contributed by atoms with van der Waals surface area (Å²) in [5.41, 5.74) is 1.94. The third-order valence-electron chi connectivity index (χ3n) is 5.42. The molecule has 0 radical (unpaired) electrons. The fourth-order valence-electron chi connectivity index (χ4n) is 3.86. The van der Waals surface area contributed by atoms with Crippen LogP contribution in [0.5, 0.6) is 0 Å². The highest BCUT2D eigenvalue weighted by atomic mass is 19.1. The minimum atomic E-state index is -0.283. The van der Waals surface area contributed by atoms with E-state index in [-0.39, 0.29) is 11.7 Å². The summed E-state index contributed by atoms with van der Waals surface area (Å²) in [5, 5.41) is 7.02. The Balaban J connectivity index is 1.39. The van der Waals surface area contributed by atoms with E-state index in [1.54, 1.807) is 18.2 Å². The molecule has 2 aliphatic heterocycles. The molecule has 0 spiro atoms. The fourth-order valence-corrected chi connectivity index (χ4v) is 3.86. The van der Waals surface area contributed by atoms with Gasteiger partial charge in [0.15, 0.2) is 0 Å². The van der Waals surface area contributed by atoms with E-state index in [0.29, 0.717) is 23.5 Å². The molecular weight excluding hydrogens is 319 g/mol. The summed E-state index contributed by atoms with van der Waals surface area (Å²) in [5.74, 6) is -0.295. The molecule has 1 atom stereocenters. The van der Waals surface area contributed by atoms with Crippen molar-refractivity contribution in [1.82, 2.24) is 20.0 Å². The average molecular weight is 342 g/mol. The molecule has 25 heavy (non-hydrogen) atoms. The number of hydrogen-bond donors (Lipinski definition) is 1. The van der Waals surface area contributed by atoms with Crippen molar-refractivity contribution in [2.24, 2.45) is 0 Å². The number of nitrogens with one attached hydrogen (secondary N) is 1. The molecule has 5 nitrogen and oxygen atoms in total. The van der Waals surface area contributed by atoms with Gasteiger partial charge in [0.05, 0.1) is 5.69 Å².